The summed E-state index contributed by atoms with van der Waals surface area (Å²) in [6, 6.07) is 16.2. The number of carbonyl (C=O) groups excluding carboxylic acids is 2. The van der Waals surface area contributed by atoms with Crippen LogP contribution in [0.2, 0.25) is 0 Å². The summed E-state index contributed by atoms with van der Waals surface area (Å²) in [5.41, 5.74) is 3.76. The summed E-state index contributed by atoms with van der Waals surface area (Å²) < 4.78 is 11.1. The van der Waals surface area contributed by atoms with Crippen molar-refractivity contribution in [3.63, 3.8) is 0 Å². The molecule has 1 fully saturated rings. The lowest BCUT2D eigenvalue weighted by Gasteiger charge is -2.19. The molecular formula is C26H30N2O6. The lowest BCUT2D eigenvalue weighted by molar-refractivity contribution is -0.143. The van der Waals surface area contributed by atoms with Gasteiger partial charge >= 0.3 is 12.1 Å². The molecule has 0 bridgehead atoms. The van der Waals surface area contributed by atoms with E-state index in [-0.39, 0.29) is 37.9 Å². The van der Waals surface area contributed by atoms with E-state index in [9.17, 15) is 19.5 Å². The molecule has 8 nitrogen and oxygen atoms in total. The Hall–Kier alpha value is -3.39. The van der Waals surface area contributed by atoms with E-state index in [1.807, 2.05) is 31.2 Å². The molecule has 2 aromatic rings. The Kier molecular flexibility index (Phi) is 7.17. The number of aliphatic carboxylic acids is 1. The predicted octanol–water partition coefficient (Wildman–Crippen LogP) is 3.30. The third-order valence-electron chi connectivity index (χ3n) is 6.56. The first-order valence-electron chi connectivity index (χ1n) is 11.6. The number of ether oxygens (including phenoxy) is 2. The lowest BCUT2D eigenvalue weighted by atomic mass is 9.98. The number of benzene rings is 2. The highest BCUT2D eigenvalue weighted by molar-refractivity contribution is 5.81. The van der Waals surface area contributed by atoms with Gasteiger partial charge in [-0.1, -0.05) is 48.5 Å². The summed E-state index contributed by atoms with van der Waals surface area (Å²) in [6.45, 7) is 2.62. The highest BCUT2D eigenvalue weighted by atomic mass is 16.5. The van der Waals surface area contributed by atoms with Crippen molar-refractivity contribution in [2.75, 3.05) is 26.3 Å². The Labute approximate surface area is 198 Å². The van der Waals surface area contributed by atoms with E-state index in [4.69, 9.17) is 9.47 Å². The molecule has 2 aliphatic rings. The first-order chi connectivity index (χ1) is 16.4. The fourth-order valence-corrected chi connectivity index (χ4v) is 4.44. The van der Waals surface area contributed by atoms with Gasteiger partial charge in [0.05, 0.1) is 17.9 Å². The topological polar surface area (TPSA) is 114 Å². The van der Waals surface area contributed by atoms with Crippen LogP contribution in [0.25, 0.3) is 11.1 Å². The minimum Gasteiger partial charge on any atom is -0.481 e. The molecule has 0 aliphatic heterocycles. The van der Waals surface area contributed by atoms with Crippen molar-refractivity contribution < 1.29 is 29.0 Å². The Morgan fingerprint density at radius 2 is 1.65 bits per heavy atom. The average Bonchev–Trinajstić information content (AvgIpc) is 3.57. The molecular weight excluding hydrogens is 436 g/mol. The van der Waals surface area contributed by atoms with Gasteiger partial charge in [0.2, 0.25) is 5.91 Å². The van der Waals surface area contributed by atoms with Crippen LogP contribution in [0.15, 0.2) is 48.5 Å². The molecule has 0 spiro atoms. The van der Waals surface area contributed by atoms with E-state index in [0.29, 0.717) is 19.4 Å². The molecule has 0 heterocycles. The van der Waals surface area contributed by atoms with Crippen LogP contribution in [0.1, 0.15) is 43.2 Å². The summed E-state index contributed by atoms with van der Waals surface area (Å²) in [5, 5.41) is 14.6. The van der Waals surface area contributed by atoms with Gasteiger partial charge in [0.25, 0.3) is 0 Å². The number of hydrogen-bond donors (Lipinski definition) is 3. The molecule has 4 rings (SSSR count). The van der Waals surface area contributed by atoms with E-state index in [1.54, 1.807) is 0 Å². The number of amides is 2. The highest BCUT2D eigenvalue weighted by Crippen LogP contribution is 2.45. The van der Waals surface area contributed by atoms with Crippen molar-refractivity contribution in [3.8, 4) is 11.1 Å². The minimum absolute atomic E-state index is 0.0210. The summed E-state index contributed by atoms with van der Waals surface area (Å²) in [7, 11) is 0. The quantitative estimate of drug-likeness (QED) is 0.468. The average molecular weight is 467 g/mol. The van der Waals surface area contributed by atoms with Crippen LogP contribution in [0.4, 0.5) is 4.79 Å². The zero-order valence-corrected chi connectivity index (χ0v) is 19.2. The predicted molar refractivity (Wildman–Crippen MR) is 125 cm³/mol. The number of carboxylic acid groups (broad SMARTS) is 1. The zero-order valence-electron chi connectivity index (χ0n) is 19.2. The molecule has 1 unspecified atom stereocenters. The Bertz CT molecular complexity index is 1020. The van der Waals surface area contributed by atoms with Gasteiger partial charge in [0.1, 0.15) is 6.61 Å². The Balaban J connectivity index is 1.26. The maximum absolute atomic E-state index is 12.4. The first-order valence-corrected chi connectivity index (χ1v) is 11.6. The van der Waals surface area contributed by atoms with Crippen molar-refractivity contribution in [1.29, 1.82) is 0 Å². The van der Waals surface area contributed by atoms with Crippen molar-refractivity contribution in [2.45, 2.75) is 38.2 Å². The fourth-order valence-electron chi connectivity index (χ4n) is 4.44. The third-order valence-corrected chi connectivity index (χ3v) is 6.56. The van der Waals surface area contributed by atoms with Gasteiger partial charge in [0.15, 0.2) is 0 Å². The number of nitrogens with one attached hydrogen (secondary N) is 2. The van der Waals surface area contributed by atoms with Gasteiger partial charge in [-0.2, -0.15) is 0 Å². The molecule has 2 aromatic carbocycles. The van der Waals surface area contributed by atoms with E-state index < -0.39 is 23.6 Å². The van der Waals surface area contributed by atoms with E-state index in [1.165, 1.54) is 0 Å². The first kappa shape index (κ1) is 23.8. The number of rotatable bonds is 11. The number of carboxylic acids is 1. The minimum atomic E-state index is -0.883. The van der Waals surface area contributed by atoms with Crippen LogP contribution in [-0.2, 0) is 19.1 Å². The molecule has 0 radical (unpaired) electrons. The molecule has 34 heavy (non-hydrogen) atoms. The Morgan fingerprint density at radius 1 is 1.03 bits per heavy atom. The molecule has 180 valence electrons. The van der Waals surface area contributed by atoms with Crippen molar-refractivity contribution in [3.05, 3.63) is 59.7 Å². The van der Waals surface area contributed by atoms with E-state index in [2.05, 4.69) is 34.9 Å². The van der Waals surface area contributed by atoms with Gasteiger partial charge in [-0.25, -0.2) is 4.79 Å². The standard InChI is InChI=1S/C26H30N2O6/c1-2-33-17(13-23(29)28-16-26(11-12-26)24(30)31)14-27-25(32)34-15-22-20-9-5-3-7-18(20)19-8-4-6-10-21(19)22/h3-10,17,22H,2,11-16H2,1H3,(H,27,32)(H,28,29)(H,30,31). The number of alkyl carbamates (subject to hydrolysis) is 1. The van der Waals surface area contributed by atoms with Gasteiger partial charge < -0.3 is 25.2 Å². The van der Waals surface area contributed by atoms with Crippen LogP contribution >= 0.6 is 0 Å². The number of carbonyl (C=O) groups is 3. The molecule has 1 saturated carbocycles. The second-order valence-electron chi connectivity index (χ2n) is 8.85. The van der Waals surface area contributed by atoms with Gasteiger partial charge in [0, 0.05) is 25.6 Å². The third kappa shape index (κ3) is 5.22. The normalized spacial score (nSPS) is 16.1. The fraction of sp³-hybridized carbons (Fsp3) is 0.423. The molecule has 8 heteroatoms. The van der Waals surface area contributed by atoms with Crippen molar-refractivity contribution >= 4 is 18.0 Å². The van der Waals surface area contributed by atoms with Crippen LogP contribution in [0.5, 0.6) is 0 Å². The molecule has 2 aliphatic carbocycles. The highest BCUT2D eigenvalue weighted by Gasteiger charge is 2.50. The smallest absolute Gasteiger partial charge is 0.407 e. The Morgan fingerprint density at radius 3 is 2.21 bits per heavy atom. The molecule has 0 aromatic heterocycles. The largest absolute Gasteiger partial charge is 0.481 e. The maximum Gasteiger partial charge on any atom is 0.407 e. The van der Waals surface area contributed by atoms with E-state index >= 15 is 0 Å². The molecule has 2 amide bonds. The molecule has 1 atom stereocenters. The molecule has 0 saturated heterocycles. The zero-order chi connectivity index (χ0) is 24.1. The summed E-state index contributed by atoms with van der Waals surface area (Å²) in [6.07, 6.45) is 0.0507. The van der Waals surface area contributed by atoms with Gasteiger partial charge in [-0.3, -0.25) is 9.59 Å². The summed E-state index contributed by atoms with van der Waals surface area (Å²) in [4.78, 5) is 35.9. The number of fused-ring (bicyclic) bond motifs is 3. The number of hydrogen-bond acceptors (Lipinski definition) is 5. The molecule has 3 N–H and O–H groups in total. The van der Waals surface area contributed by atoms with Crippen LogP contribution < -0.4 is 10.6 Å². The van der Waals surface area contributed by atoms with E-state index in [0.717, 1.165) is 22.3 Å². The maximum atomic E-state index is 12.4. The summed E-state index contributed by atoms with van der Waals surface area (Å²) in [5.74, 6) is -1.22. The SMILES string of the molecule is CCOC(CNC(=O)OCC1c2ccccc2-c2ccccc21)CC(=O)NCC1(C(=O)O)CC1. The van der Waals surface area contributed by atoms with Gasteiger partial charge in [-0.15, -0.1) is 0 Å². The van der Waals surface area contributed by atoms with Gasteiger partial charge in [-0.05, 0) is 42.0 Å². The monoisotopic (exact) mass is 466 g/mol. The lowest BCUT2D eigenvalue weighted by Crippen LogP contribution is -2.40. The van der Waals surface area contributed by atoms with Crippen molar-refractivity contribution in [2.24, 2.45) is 5.41 Å². The van der Waals surface area contributed by atoms with Crippen molar-refractivity contribution in [1.82, 2.24) is 10.6 Å². The second kappa shape index (κ2) is 10.3. The van der Waals surface area contributed by atoms with Crippen LogP contribution in [0.3, 0.4) is 0 Å². The van der Waals surface area contributed by atoms with Crippen LogP contribution in [0, 0.1) is 5.41 Å². The summed E-state index contributed by atoms with van der Waals surface area (Å²) >= 11 is 0. The van der Waals surface area contributed by atoms with Crippen LogP contribution in [-0.4, -0.2) is 55.5 Å². The second-order valence-corrected chi connectivity index (χ2v) is 8.85.